The normalized spacial score (nSPS) is 13.7. The van der Waals surface area contributed by atoms with Crippen molar-refractivity contribution in [2.45, 2.75) is 18.7 Å². The molecule has 100 valence electrons. The van der Waals surface area contributed by atoms with Gasteiger partial charge in [-0.15, -0.1) is 0 Å². The molecule has 0 radical (unpaired) electrons. The predicted molar refractivity (Wildman–Crippen MR) is 49.1 cm³/mol. The maximum Gasteiger partial charge on any atom is 0.416 e. The van der Waals surface area contributed by atoms with E-state index in [0.717, 1.165) is 0 Å². The van der Waals surface area contributed by atoms with Crippen molar-refractivity contribution in [1.29, 1.82) is 0 Å². The molecule has 0 heterocycles. The van der Waals surface area contributed by atoms with Crippen LogP contribution in [0.1, 0.15) is 17.2 Å². The van der Waals surface area contributed by atoms with Crippen LogP contribution in [0.2, 0.25) is 0 Å². The molecular weight excluding hydrogens is 265 g/mol. The first-order valence-corrected chi connectivity index (χ1v) is 4.46. The Bertz CT molecular complexity index is 460. The van der Waals surface area contributed by atoms with Crippen LogP contribution in [0.25, 0.3) is 0 Å². The third-order valence-corrected chi connectivity index (χ3v) is 2.11. The summed E-state index contributed by atoms with van der Waals surface area (Å²) >= 11 is 0. The molecular formula is C9H6F5NO3. The molecule has 0 aliphatic heterocycles. The van der Waals surface area contributed by atoms with Crippen molar-refractivity contribution in [3.63, 3.8) is 0 Å². The zero-order valence-electron chi connectivity index (χ0n) is 8.49. The zero-order valence-corrected chi connectivity index (χ0v) is 8.49. The Balaban J connectivity index is 3.34. The van der Waals surface area contributed by atoms with E-state index in [1.807, 2.05) is 0 Å². The summed E-state index contributed by atoms with van der Waals surface area (Å²) in [5, 5.41) is 19.5. The van der Waals surface area contributed by atoms with E-state index in [4.69, 9.17) is 5.11 Å². The van der Waals surface area contributed by atoms with Crippen molar-refractivity contribution >= 4 is 5.69 Å². The maximum atomic E-state index is 12.3. The summed E-state index contributed by atoms with van der Waals surface area (Å²) in [6.45, 7) is 0. The van der Waals surface area contributed by atoms with E-state index >= 15 is 0 Å². The van der Waals surface area contributed by atoms with Crippen molar-refractivity contribution in [2.24, 2.45) is 0 Å². The summed E-state index contributed by atoms with van der Waals surface area (Å²) in [6.07, 6.45) is -10.7. The van der Waals surface area contributed by atoms with E-state index < -0.39 is 40.4 Å². The van der Waals surface area contributed by atoms with E-state index in [1.54, 1.807) is 0 Å². The predicted octanol–water partition coefficient (Wildman–Crippen LogP) is 2.91. The number of rotatable bonds is 3. The van der Waals surface area contributed by atoms with Gasteiger partial charge in [0.05, 0.1) is 16.1 Å². The summed E-state index contributed by atoms with van der Waals surface area (Å²) in [6, 6.07) is 0.979. The van der Waals surface area contributed by atoms with Gasteiger partial charge >= 0.3 is 6.18 Å². The largest absolute Gasteiger partial charge is 0.416 e. The second-order valence-electron chi connectivity index (χ2n) is 3.31. The topological polar surface area (TPSA) is 63.4 Å². The molecule has 0 fully saturated rings. The van der Waals surface area contributed by atoms with E-state index in [2.05, 4.69) is 0 Å². The highest BCUT2D eigenvalue weighted by atomic mass is 19.4. The molecule has 1 aromatic carbocycles. The van der Waals surface area contributed by atoms with Gasteiger partial charge in [0.2, 0.25) is 0 Å². The Hall–Kier alpha value is -1.77. The first kappa shape index (κ1) is 14.3. The Morgan fingerprint density at radius 1 is 1.28 bits per heavy atom. The second kappa shape index (κ2) is 4.84. The third kappa shape index (κ3) is 2.92. The lowest BCUT2D eigenvalue weighted by atomic mass is 10.0. The highest BCUT2D eigenvalue weighted by Gasteiger charge is 2.35. The lowest BCUT2D eigenvalue weighted by Crippen LogP contribution is -2.12. The average Bonchev–Trinajstić information content (AvgIpc) is 2.25. The minimum atomic E-state index is -4.83. The van der Waals surface area contributed by atoms with Gasteiger partial charge in [-0.05, 0) is 12.1 Å². The number of halogens is 5. The summed E-state index contributed by atoms with van der Waals surface area (Å²) in [5.74, 6) is 0. The number of aliphatic hydroxyl groups is 1. The summed E-state index contributed by atoms with van der Waals surface area (Å²) in [4.78, 5) is 9.26. The molecule has 0 spiro atoms. The maximum absolute atomic E-state index is 12.3. The number of aliphatic hydroxyl groups excluding tert-OH is 1. The molecule has 1 unspecified atom stereocenters. The van der Waals surface area contributed by atoms with Crippen molar-refractivity contribution < 1.29 is 32.0 Å². The Morgan fingerprint density at radius 2 is 1.83 bits per heavy atom. The fraction of sp³-hybridized carbons (Fsp3) is 0.333. The number of hydrogen-bond donors (Lipinski definition) is 1. The Kier molecular flexibility index (Phi) is 3.85. The minimum absolute atomic E-state index is 0.112. The summed E-state index contributed by atoms with van der Waals surface area (Å²) < 4.78 is 61.3. The van der Waals surface area contributed by atoms with Crippen LogP contribution < -0.4 is 0 Å². The van der Waals surface area contributed by atoms with Gasteiger partial charge in [-0.3, -0.25) is 10.1 Å². The van der Waals surface area contributed by atoms with Crippen molar-refractivity contribution in [3.05, 3.63) is 39.4 Å². The molecule has 1 atom stereocenters. The Labute approximate surface area is 96.8 Å². The molecule has 1 aromatic rings. The van der Waals surface area contributed by atoms with Gasteiger partial charge in [0.1, 0.15) is 6.10 Å². The van der Waals surface area contributed by atoms with Crippen LogP contribution in [0, 0.1) is 10.1 Å². The smallest absolute Gasteiger partial charge is 0.382 e. The molecule has 1 N–H and O–H groups in total. The van der Waals surface area contributed by atoms with Crippen LogP contribution in [-0.4, -0.2) is 16.5 Å². The first-order valence-electron chi connectivity index (χ1n) is 4.46. The molecule has 0 amide bonds. The number of alkyl halides is 5. The number of hydrogen-bond acceptors (Lipinski definition) is 3. The van der Waals surface area contributed by atoms with Crippen LogP contribution in [-0.2, 0) is 6.18 Å². The van der Waals surface area contributed by atoms with Crippen molar-refractivity contribution in [1.82, 2.24) is 0 Å². The molecule has 1 rings (SSSR count). The average molecular weight is 271 g/mol. The molecule has 0 aromatic heterocycles. The lowest BCUT2D eigenvalue weighted by molar-refractivity contribution is -0.386. The SMILES string of the molecule is O=[N+]([O-])c1cc(C(F)(F)F)ccc1C(O)C(F)F. The number of nitrogens with zero attached hydrogens (tertiary/aromatic N) is 1. The molecule has 0 aliphatic carbocycles. The molecule has 0 aliphatic rings. The van der Waals surface area contributed by atoms with Crippen LogP contribution in [0.4, 0.5) is 27.6 Å². The van der Waals surface area contributed by atoms with Crippen LogP contribution in [0.5, 0.6) is 0 Å². The number of nitro benzene ring substituents is 1. The van der Waals surface area contributed by atoms with Gasteiger partial charge < -0.3 is 5.11 Å². The van der Waals surface area contributed by atoms with E-state index in [0.29, 0.717) is 12.1 Å². The first-order chi connectivity index (χ1) is 8.14. The van der Waals surface area contributed by atoms with Gasteiger partial charge in [0, 0.05) is 6.07 Å². The third-order valence-electron chi connectivity index (χ3n) is 2.11. The van der Waals surface area contributed by atoms with Gasteiger partial charge in [0.15, 0.2) is 0 Å². The van der Waals surface area contributed by atoms with Gasteiger partial charge in [-0.25, -0.2) is 8.78 Å². The highest BCUT2D eigenvalue weighted by Crippen LogP contribution is 2.36. The number of nitro groups is 1. The molecule has 0 saturated heterocycles. The second-order valence-corrected chi connectivity index (χ2v) is 3.31. The molecule has 0 bridgehead atoms. The highest BCUT2D eigenvalue weighted by molar-refractivity contribution is 5.45. The lowest BCUT2D eigenvalue weighted by Gasteiger charge is -2.12. The minimum Gasteiger partial charge on any atom is -0.382 e. The molecule has 0 saturated carbocycles. The van der Waals surface area contributed by atoms with Crippen LogP contribution >= 0.6 is 0 Å². The fourth-order valence-electron chi connectivity index (χ4n) is 1.26. The monoisotopic (exact) mass is 271 g/mol. The standard InChI is InChI=1S/C9H6F5NO3/c10-8(11)7(16)5-2-1-4(9(12,13)14)3-6(5)15(17)18/h1-3,7-8,16H. The Morgan fingerprint density at radius 3 is 2.22 bits per heavy atom. The zero-order chi connectivity index (χ0) is 14.1. The van der Waals surface area contributed by atoms with Gasteiger partial charge in [0.25, 0.3) is 12.1 Å². The van der Waals surface area contributed by atoms with Crippen molar-refractivity contribution in [3.8, 4) is 0 Å². The van der Waals surface area contributed by atoms with Crippen molar-refractivity contribution in [2.75, 3.05) is 0 Å². The molecule has 18 heavy (non-hydrogen) atoms. The molecule has 9 heteroatoms. The van der Waals surface area contributed by atoms with E-state index in [9.17, 15) is 32.1 Å². The van der Waals surface area contributed by atoms with Gasteiger partial charge in [-0.2, -0.15) is 13.2 Å². The molecule has 4 nitrogen and oxygen atoms in total. The quantitative estimate of drug-likeness (QED) is 0.522. The summed E-state index contributed by atoms with van der Waals surface area (Å²) in [7, 11) is 0. The van der Waals surface area contributed by atoms with Crippen LogP contribution in [0.3, 0.4) is 0 Å². The van der Waals surface area contributed by atoms with E-state index in [-0.39, 0.29) is 6.07 Å². The van der Waals surface area contributed by atoms with E-state index in [1.165, 1.54) is 0 Å². The van der Waals surface area contributed by atoms with Gasteiger partial charge in [-0.1, -0.05) is 0 Å². The number of benzene rings is 1. The summed E-state index contributed by atoms with van der Waals surface area (Å²) in [5.41, 5.74) is -3.40. The fourth-order valence-corrected chi connectivity index (χ4v) is 1.26. The van der Waals surface area contributed by atoms with Crippen LogP contribution in [0.15, 0.2) is 18.2 Å².